The van der Waals surface area contributed by atoms with Gasteiger partial charge in [0.2, 0.25) is 5.91 Å². The first kappa shape index (κ1) is 19.2. The molecular weight excluding hydrogens is 366 g/mol. The van der Waals surface area contributed by atoms with Crippen molar-refractivity contribution in [2.75, 3.05) is 32.8 Å². The first-order chi connectivity index (χ1) is 12.5. The molecule has 2 heterocycles. The van der Waals surface area contributed by atoms with Crippen molar-refractivity contribution in [1.29, 1.82) is 0 Å². The number of morpholine rings is 1. The van der Waals surface area contributed by atoms with E-state index in [0.717, 1.165) is 49.0 Å². The quantitative estimate of drug-likeness (QED) is 0.743. The van der Waals surface area contributed by atoms with Gasteiger partial charge in [0.05, 0.1) is 25.7 Å². The first-order valence-corrected chi connectivity index (χ1v) is 10.1. The summed E-state index contributed by atoms with van der Waals surface area (Å²) in [5.41, 5.74) is 3.33. The molecule has 1 saturated heterocycles. The molecule has 0 bridgehead atoms. The fraction of sp³-hybridized carbons (Fsp3) is 0.474. The number of amides is 1. The predicted molar refractivity (Wildman–Crippen MR) is 107 cm³/mol. The van der Waals surface area contributed by atoms with Crippen molar-refractivity contribution < 1.29 is 9.53 Å². The molecule has 1 aromatic heterocycles. The molecule has 1 aliphatic heterocycles. The molecule has 1 aliphatic rings. The number of aromatic nitrogens is 1. The highest BCUT2D eigenvalue weighted by atomic mass is 32.1. The Balaban J connectivity index is 1.71. The molecule has 0 aliphatic carbocycles. The van der Waals surface area contributed by atoms with Crippen molar-refractivity contribution in [2.45, 2.75) is 26.3 Å². The van der Waals surface area contributed by atoms with Crippen LogP contribution in [-0.4, -0.2) is 48.6 Å². The Morgan fingerprint density at radius 3 is 2.62 bits per heavy atom. The van der Waals surface area contributed by atoms with E-state index in [1.54, 1.807) is 0 Å². The maximum Gasteiger partial charge on any atom is 0.225 e. The maximum absolute atomic E-state index is 12.7. The maximum atomic E-state index is 12.7. The molecule has 1 aromatic carbocycles. The number of nitrogens with one attached hydrogen (secondary N) is 2. The number of carbonyl (C=O) groups is 1. The van der Waals surface area contributed by atoms with Gasteiger partial charge in [0, 0.05) is 30.2 Å². The van der Waals surface area contributed by atoms with Crippen LogP contribution in [0.2, 0.25) is 0 Å². The molecule has 3 rings (SSSR count). The van der Waals surface area contributed by atoms with E-state index >= 15 is 0 Å². The van der Waals surface area contributed by atoms with Gasteiger partial charge in [-0.05, 0) is 31.6 Å². The Kier molecular flexibility index (Phi) is 6.58. The van der Waals surface area contributed by atoms with Gasteiger partial charge in [-0.25, -0.2) is 0 Å². The van der Waals surface area contributed by atoms with E-state index in [2.05, 4.69) is 46.4 Å². The largest absolute Gasteiger partial charge is 0.379 e. The number of carbonyl (C=O) groups excluding carboxylic acids is 1. The van der Waals surface area contributed by atoms with Crippen LogP contribution in [0.4, 0.5) is 0 Å². The van der Waals surface area contributed by atoms with E-state index in [-0.39, 0.29) is 11.9 Å². The summed E-state index contributed by atoms with van der Waals surface area (Å²) >= 11 is 6.65. The van der Waals surface area contributed by atoms with Crippen LogP contribution in [0.3, 0.4) is 0 Å². The monoisotopic (exact) mass is 391 g/mol. The number of aryl methyl sites for hydroxylation is 2. The van der Waals surface area contributed by atoms with Gasteiger partial charge in [-0.3, -0.25) is 9.69 Å². The van der Waals surface area contributed by atoms with Crippen molar-refractivity contribution in [2.24, 2.45) is 0 Å². The minimum absolute atomic E-state index is 0.0252. The highest BCUT2D eigenvalue weighted by Gasteiger charge is 2.21. The molecule has 1 amide bonds. The third-order valence-corrected chi connectivity index (χ3v) is 5.94. The summed E-state index contributed by atoms with van der Waals surface area (Å²) in [7, 11) is 0. The molecule has 1 unspecified atom stereocenters. The minimum Gasteiger partial charge on any atom is -0.379 e. The molecule has 1 atom stereocenters. The lowest BCUT2D eigenvalue weighted by Crippen LogP contribution is -2.43. The van der Waals surface area contributed by atoms with Gasteiger partial charge >= 0.3 is 0 Å². The summed E-state index contributed by atoms with van der Waals surface area (Å²) in [6, 6.07) is 8.36. The molecule has 2 aromatic rings. The van der Waals surface area contributed by atoms with Gasteiger partial charge in [-0.1, -0.05) is 29.8 Å². The van der Waals surface area contributed by atoms with Crippen molar-refractivity contribution in [1.82, 2.24) is 15.2 Å². The Hall–Kier alpha value is -1.54. The van der Waals surface area contributed by atoms with Crippen LogP contribution in [0, 0.1) is 17.8 Å². The molecule has 1 fully saturated rings. The fourth-order valence-corrected chi connectivity index (χ4v) is 4.36. The predicted octanol–water partition coefficient (Wildman–Crippen LogP) is 3.15. The van der Waals surface area contributed by atoms with Crippen LogP contribution >= 0.6 is 23.6 Å². The van der Waals surface area contributed by atoms with Gasteiger partial charge in [0.1, 0.15) is 0 Å². The van der Waals surface area contributed by atoms with E-state index in [0.29, 0.717) is 10.4 Å². The summed E-state index contributed by atoms with van der Waals surface area (Å²) in [6.45, 7) is 8.12. The number of benzene rings is 1. The van der Waals surface area contributed by atoms with Crippen LogP contribution in [-0.2, 0) is 16.0 Å². The third kappa shape index (κ3) is 5.23. The lowest BCUT2D eigenvalue weighted by Gasteiger charge is -2.31. The number of rotatable bonds is 6. The van der Waals surface area contributed by atoms with Crippen molar-refractivity contribution >= 4 is 29.5 Å². The van der Waals surface area contributed by atoms with Gasteiger partial charge in [-0.15, -0.1) is 11.3 Å². The average Bonchev–Trinajstić information content (AvgIpc) is 2.93. The van der Waals surface area contributed by atoms with Crippen molar-refractivity contribution in [3.63, 3.8) is 0 Å². The summed E-state index contributed by atoms with van der Waals surface area (Å²) in [6.07, 6.45) is 0.356. The molecule has 7 heteroatoms. The second kappa shape index (κ2) is 8.90. The highest BCUT2D eigenvalue weighted by Crippen LogP contribution is 2.19. The second-order valence-corrected chi connectivity index (χ2v) is 8.46. The summed E-state index contributed by atoms with van der Waals surface area (Å²) in [4.78, 5) is 19.1. The second-order valence-electron chi connectivity index (χ2n) is 6.68. The van der Waals surface area contributed by atoms with Gasteiger partial charge in [0.15, 0.2) is 3.95 Å². The number of hydrogen-bond donors (Lipinski definition) is 2. The third-order valence-electron chi connectivity index (χ3n) is 4.60. The number of H-pyrrole nitrogens is 1. The molecule has 26 heavy (non-hydrogen) atoms. The number of hydrogen-bond acceptors (Lipinski definition) is 5. The zero-order chi connectivity index (χ0) is 18.5. The molecule has 5 nitrogen and oxygen atoms in total. The molecule has 0 radical (unpaired) electrons. The van der Waals surface area contributed by atoms with Crippen LogP contribution in [0.25, 0.3) is 0 Å². The topological polar surface area (TPSA) is 57.4 Å². The summed E-state index contributed by atoms with van der Waals surface area (Å²) in [5, 5.41) is 3.22. The molecular formula is C19H25N3O2S2. The van der Waals surface area contributed by atoms with Crippen molar-refractivity contribution in [3.8, 4) is 0 Å². The van der Waals surface area contributed by atoms with E-state index < -0.39 is 0 Å². The minimum atomic E-state index is -0.0339. The van der Waals surface area contributed by atoms with Crippen LogP contribution in [0.15, 0.2) is 24.3 Å². The summed E-state index contributed by atoms with van der Waals surface area (Å²) in [5.74, 6) is 0.0252. The lowest BCUT2D eigenvalue weighted by atomic mass is 10.0. The SMILES string of the molecule is Cc1ccc(C(CN2CCOCC2)NC(=O)Cc2sc(=S)[nH]c2C)cc1. The zero-order valence-corrected chi connectivity index (χ0v) is 16.8. The molecule has 0 spiro atoms. The Bertz CT molecular complexity index is 792. The van der Waals surface area contributed by atoms with Crippen LogP contribution < -0.4 is 5.32 Å². The van der Waals surface area contributed by atoms with Gasteiger partial charge in [0.25, 0.3) is 0 Å². The van der Waals surface area contributed by atoms with E-state index in [9.17, 15) is 4.79 Å². The normalized spacial score (nSPS) is 16.4. The Labute approximate surface area is 163 Å². The number of ether oxygens (including phenoxy) is 1. The van der Waals surface area contributed by atoms with E-state index in [1.807, 2.05) is 6.92 Å². The van der Waals surface area contributed by atoms with Crippen molar-refractivity contribution in [3.05, 3.63) is 49.9 Å². The molecule has 2 N–H and O–H groups in total. The smallest absolute Gasteiger partial charge is 0.225 e. The fourth-order valence-electron chi connectivity index (χ4n) is 3.07. The average molecular weight is 392 g/mol. The van der Waals surface area contributed by atoms with Gasteiger partial charge < -0.3 is 15.0 Å². The van der Waals surface area contributed by atoms with E-state index in [1.165, 1.54) is 16.9 Å². The van der Waals surface area contributed by atoms with Crippen LogP contribution in [0.1, 0.15) is 27.7 Å². The summed E-state index contributed by atoms with van der Waals surface area (Å²) < 4.78 is 6.15. The van der Waals surface area contributed by atoms with Crippen LogP contribution in [0.5, 0.6) is 0 Å². The Morgan fingerprint density at radius 1 is 1.31 bits per heavy atom. The molecule has 140 valence electrons. The Morgan fingerprint density at radius 2 is 2.00 bits per heavy atom. The number of aromatic amines is 1. The first-order valence-electron chi connectivity index (χ1n) is 8.86. The zero-order valence-electron chi connectivity index (χ0n) is 15.2. The van der Waals surface area contributed by atoms with Gasteiger partial charge in [-0.2, -0.15) is 0 Å². The lowest BCUT2D eigenvalue weighted by molar-refractivity contribution is -0.121. The number of thiazole rings is 1. The van der Waals surface area contributed by atoms with E-state index in [4.69, 9.17) is 17.0 Å². The standard InChI is InChI=1S/C19H25N3O2S2/c1-13-3-5-15(6-4-13)16(12-22-7-9-24-10-8-22)21-18(23)11-17-14(2)20-19(25)26-17/h3-6,16H,7-12H2,1-2H3,(H,20,25)(H,21,23). The number of nitrogens with zero attached hydrogens (tertiary/aromatic N) is 1. The molecule has 0 saturated carbocycles. The highest BCUT2D eigenvalue weighted by molar-refractivity contribution is 7.73.